The maximum atomic E-state index is 11.7. The van der Waals surface area contributed by atoms with Crippen LogP contribution in [0.5, 0.6) is 0 Å². The lowest BCUT2D eigenvalue weighted by Gasteiger charge is -2.05. The second-order valence-electron chi connectivity index (χ2n) is 4.02. The van der Waals surface area contributed by atoms with Gasteiger partial charge < -0.3 is 5.32 Å². The molecule has 104 valence electrons. The first-order chi connectivity index (χ1) is 9.54. The highest BCUT2D eigenvalue weighted by Crippen LogP contribution is 2.12. The molecule has 0 aliphatic rings. The molecule has 8 heteroatoms. The summed E-state index contributed by atoms with van der Waals surface area (Å²) >= 11 is 0.950. The zero-order valence-electron chi connectivity index (χ0n) is 10.6. The fourth-order valence-electron chi connectivity index (χ4n) is 1.49. The van der Waals surface area contributed by atoms with E-state index < -0.39 is 11.2 Å². The van der Waals surface area contributed by atoms with Crippen LogP contribution in [0, 0.1) is 6.92 Å². The van der Waals surface area contributed by atoms with Crippen LogP contribution < -0.4 is 16.6 Å². The molecule has 1 amide bonds. The van der Waals surface area contributed by atoms with Crippen molar-refractivity contribution in [2.75, 3.05) is 11.1 Å². The number of aromatic nitrogens is 3. The first-order valence-electron chi connectivity index (χ1n) is 5.73. The van der Waals surface area contributed by atoms with E-state index >= 15 is 0 Å². The van der Waals surface area contributed by atoms with E-state index in [9.17, 15) is 14.4 Å². The molecule has 7 nitrogen and oxygen atoms in total. The summed E-state index contributed by atoms with van der Waals surface area (Å²) in [5.41, 5.74) is 0.443. The lowest BCUT2D eigenvalue weighted by molar-refractivity contribution is -0.113. The van der Waals surface area contributed by atoms with Crippen molar-refractivity contribution < 1.29 is 4.79 Å². The average Bonchev–Trinajstić information content (AvgIpc) is 2.37. The van der Waals surface area contributed by atoms with Crippen molar-refractivity contribution in [2.45, 2.75) is 11.9 Å². The maximum Gasteiger partial charge on any atom is 0.342 e. The van der Waals surface area contributed by atoms with Crippen LogP contribution >= 0.6 is 11.8 Å². The number of rotatable bonds is 4. The standard InChI is InChI=1S/C12H12N4O3S/c1-7-3-2-4-8(5-7)13-9(17)6-20-11-10(18)14-12(19)16-15-11/h2-5H,6H2,1H3,(H,13,17)(H2,14,16,18,19). The van der Waals surface area contributed by atoms with Gasteiger partial charge in [-0.1, -0.05) is 23.9 Å². The van der Waals surface area contributed by atoms with Gasteiger partial charge in [0.05, 0.1) is 5.75 Å². The van der Waals surface area contributed by atoms with Gasteiger partial charge in [0.2, 0.25) is 5.91 Å². The summed E-state index contributed by atoms with van der Waals surface area (Å²) in [5, 5.41) is 8.44. The Labute approximate surface area is 117 Å². The van der Waals surface area contributed by atoms with E-state index in [-0.39, 0.29) is 16.7 Å². The average molecular weight is 292 g/mol. The van der Waals surface area contributed by atoms with E-state index in [0.29, 0.717) is 5.69 Å². The second kappa shape index (κ2) is 6.20. The molecule has 0 aliphatic heterocycles. The SMILES string of the molecule is Cc1cccc(NC(=O)CSc2n[nH]c(=O)[nH]c2=O)c1. The number of amides is 1. The van der Waals surface area contributed by atoms with E-state index in [1.165, 1.54) is 0 Å². The number of thioether (sulfide) groups is 1. The number of carbonyl (C=O) groups excluding carboxylic acids is 1. The topological polar surface area (TPSA) is 108 Å². The van der Waals surface area contributed by atoms with Crippen LogP contribution in [-0.4, -0.2) is 26.8 Å². The lowest BCUT2D eigenvalue weighted by atomic mass is 10.2. The summed E-state index contributed by atoms with van der Waals surface area (Å²) < 4.78 is 0. The molecule has 0 aliphatic carbocycles. The molecule has 0 fully saturated rings. The predicted octanol–water partition coefficient (Wildman–Crippen LogP) is 0.497. The van der Waals surface area contributed by atoms with Crippen LogP contribution in [-0.2, 0) is 4.79 Å². The van der Waals surface area contributed by atoms with Gasteiger partial charge in [-0.25, -0.2) is 9.89 Å². The number of hydrogen-bond donors (Lipinski definition) is 3. The summed E-state index contributed by atoms with van der Waals surface area (Å²) in [5.74, 6) is -0.233. The summed E-state index contributed by atoms with van der Waals surface area (Å²) in [6.07, 6.45) is 0. The highest BCUT2D eigenvalue weighted by atomic mass is 32.2. The lowest BCUT2D eigenvalue weighted by Crippen LogP contribution is -2.25. The number of H-pyrrole nitrogens is 2. The molecule has 20 heavy (non-hydrogen) atoms. The van der Waals surface area contributed by atoms with Gasteiger partial charge in [-0.05, 0) is 24.6 Å². The summed E-state index contributed by atoms with van der Waals surface area (Å²) in [6, 6.07) is 7.38. The van der Waals surface area contributed by atoms with Gasteiger partial charge in [0.15, 0.2) is 5.03 Å². The van der Waals surface area contributed by atoms with Crippen molar-refractivity contribution in [3.8, 4) is 0 Å². The molecule has 1 aromatic carbocycles. The first kappa shape index (κ1) is 14.1. The van der Waals surface area contributed by atoms with Crippen LogP contribution in [0.25, 0.3) is 0 Å². The third kappa shape index (κ3) is 3.82. The van der Waals surface area contributed by atoms with Gasteiger partial charge >= 0.3 is 5.69 Å². The molecule has 0 atom stereocenters. The smallest absolute Gasteiger partial charge is 0.325 e. The Morgan fingerprint density at radius 1 is 1.40 bits per heavy atom. The summed E-state index contributed by atoms with van der Waals surface area (Å²) in [7, 11) is 0. The molecule has 1 aromatic heterocycles. The fourth-order valence-corrected chi connectivity index (χ4v) is 2.12. The number of nitrogens with one attached hydrogen (secondary N) is 3. The normalized spacial score (nSPS) is 10.2. The Balaban J connectivity index is 1.95. The third-order valence-corrected chi connectivity index (χ3v) is 3.28. The Hall–Kier alpha value is -2.35. The molecule has 2 rings (SSSR count). The van der Waals surface area contributed by atoms with Crippen molar-refractivity contribution in [1.29, 1.82) is 0 Å². The Morgan fingerprint density at radius 2 is 2.20 bits per heavy atom. The fraction of sp³-hybridized carbons (Fsp3) is 0.167. The maximum absolute atomic E-state index is 11.7. The van der Waals surface area contributed by atoms with E-state index in [2.05, 4.69) is 15.5 Å². The van der Waals surface area contributed by atoms with Crippen LogP contribution in [0.15, 0.2) is 38.9 Å². The molecule has 1 heterocycles. The number of benzene rings is 1. The monoisotopic (exact) mass is 292 g/mol. The zero-order valence-corrected chi connectivity index (χ0v) is 11.4. The van der Waals surface area contributed by atoms with Crippen molar-refractivity contribution in [1.82, 2.24) is 15.2 Å². The van der Waals surface area contributed by atoms with Gasteiger partial charge in [-0.15, -0.1) is 0 Å². The van der Waals surface area contributed by atoms with Gasteiger partial charge in [0, 0.05) is 5.69 Å². The zero-order chi connectivity index (χ0) is 14.5. The second-order valence-corrected chi connectivity index (χ2v) is 4.98. The number of aryl methyl sites for hydroxylation is 1. The van der Waals surface area contributed by atoms with E-state index in [0.717, 1.165) is 17.3 Å². The van der Waals surface area contributed by atoms with Crippen LogP contribution in [0.2, 0.25) is 0 Å². The minimum absolute atomic E-state index is 0.0239. The molecular weight excluding hydrogens is 280 g/mol. The van der Waals surface area contributed by atoms with Crippen LogP contribution in [0.3, 0.4) is 0 Å². The number of aromatic amines is 2. The molecule has 0 spiro atoms. The van der Waals surface area contributed by atoms with Crippen LogP contribution in [0.1, 0.15) is 5.56 Å². The molecule has 0 radical (unpaired) electrons. The van der Waals surface area contributed by atoms with E-state index in [1.54, 1.807) is 6.07 Å². The number of nitrogens with zero attached hydrogens (tertiary/aromatic N) is 1. The quantitative estimate of drug-likeness (QED) is 0.711. The molecule has 0 saturated heterocycles. The number of anilines is 1. The van der Waals surface area contributed by atoms with Crippen molar-refractivity contribution in [3.05, 3.63) is 50.7 Å². The van der Waals surface area contributed by atoms with Gasteiger partial charge in [-0.3, -0.25) is 14.6 Å². The highest BCUT2D eigenvalue weighted by Gasteiger charge is 2.08. The molecular formula is C12H12N4O3S. The van der Waals surface area contributed by atoms with E-state index in [4.69, 9.17) is 0 Å². The Kier molecular flexibility index (Phi) is 4.36. The Morgan fingerprint density at radius 3 is 2.90 bits per heavy atom. The minimum Gasteiger partial charge on any atom is -0.325 e. The predicted molar refractivity (Wildman–Crippen MR) is 76.0 cm³/mol. The minimum atomic E-state index is -0.677. The largest absolute Gasteiger partial charge is 0.342 e. The van der Waals surface area contributed by atoms with Crippen molar-refractivity contribution in [3.63, 3.8) is 0 Å². The third-order valence-electron chi connectivity index (χ3n) is 2.32. The molecule has 0 unspecified atom stereocenters. The van der Waals surface area contributed by atoms with Crippen LogP contribution in [0.4, 0.5) is 5.69 Å². The Bertz CT molecular complexity index is 738. The molecule has 3 N–H and O–H groups in total. The van der Waals surface area contributed by atoms with E-state index in [1.807, 2.05) is 30.1 Å². The van der Waals surface area contributed by atoms with Gasteiger partial charge in [0.25, 0.3) is 5.56 Å². The highest BCUT2D eigenvalue weighted by molar-refractivity contribution is 7.99. The van der Waals surface area contributed by atoms with Crippen molar-refractivity contribution >= 4 is 23.4 Å². The number of carbonyl (C=O) groups is 1. The summed E-state index contributed by atoms with van der Waals surface area (Å²) in [4.78, 5) is 35.9. The summed E-state index contributed by atoms with van der Waals surface area (Å²) in [6.45, 7) is 1.92. The van der Waals surface area contributed by atoms with Gasteiger partial charge in [0.1, 0.15) is 0 Å². The van der Waals surface area contributed by atoms with Crippen molar-refractivity contribution in [2.24, 2.45) is 0 Å². The molecule has 2 aromatic rings. The first-order valence-corrected chi connectivity index (χ1v) is 6.71. The molecule has 0 bridgehead atoms. The number of hydrogen-bond acceptors (Lipinski definition) is 5. The molecule has 0 saturated carbocycles. The van der Waals surface area contributed by atoms with Gasteiger partial charge in [-0.2, -0.15) is 5.10 Å².